The maximum Gasteiger partial charge on any atom is 0.219 e. The molecule has 0 aromatic heterocycles. The second-order valence-corrected chi connectivity index (χ2v) is 5.61. The number of amides is 1. The molecule has 102 valence electrons. The quantitative estimate of drug-likeness (QED) is 0.680. The Morgan fingerprint density at radius 3 is 1.94 bits per heavy atom. The van der Waals surface area contributed by atoms with E-state index < -0.39 is 11.2 Å². The molecule has 1 heterocycles. The lowest BCUT2D eigenvalue weighted by Crippen LogP contribution is -2.44. The van der Waals surface area contributed by atoms with Crippen molar-refractivity contribution in [3.63, 3.8) is 0 Å². The molecule has 2 radical (unpaired) electrons. The zero-order chi connectivity index (χ0) is 14.6. The molecule has 0 aromatic carbocycles. The molecule has 2 N–H and O–H groups in total. The minimum atomic E-state index is -1.01. The van der Waals surface area contributed by atoms with Crippen molar-refractivity contribution in [3.8, 4) is 0 Å². The fraction of sp³-hybridized carbons (Fsp3) is 0.769. The summed E-state index contributed by atoms with van der Waals surface area (Å²) in [5.74, 6) is 0.128. The molecule has 0 aliphatic carbocycles. The van der Waals surface area contributed by atoms with Gasteiger partial charge in [-0.05, 0) is 34.1 Å². The van der Waals surface area contributed by atoms with Crippen LogP contribution in [0.25, 0.3) is 0 Å². The molecular formula is C13H24BNO3. The molecule has 1 aliphatic rings. The lowest BCUT2D eigenvalue weighted by molar-refractivity contribution is -0.128. The lowest BCUT2D eigenvalue weighted by atomic mass is 9.90. The summed E-state index contributed by atoms with van der Waals surface area (Å²) in [5.41, 5.74) is -1.11. The number of hydrogen-bond donors (Lipinski definition) is 2. The predicted molar refractivity (Wildman–Crippen MR) is 73.3 cm³/mol. The van der Waals surface area contributed by atoms with Crippen molar-refractivity contribution in [3.05, 3.63) is 11.5 Å². The summed E-state index contributed by atoms with van der Waals surface area (Å²) in [6.45, 7) is 9.34. The largest absolute Gasteiger partial charge is 0.387 e. The fourth-order valence-corrected chi connectivity index (χ4v) is 0.971. The summed E-state index contributed by atoms with van der Waals surface area (Å²) in [6.07, 6.45) is 2.71. The van der Waals surface area contributed by atoms with E-state index >= 15 is 0 Å². The molecule has 0 unspecified atom stereocenters. The van der Waals surface area contributed by atoms with E-state index in [1.807, 2.05) is 6.08 Å². The first-order valence-electron chi connectivity index (χ1n) is 6.10. The Morgan fingerprint density at radius 2 is 1.72 bits per heavy atom. The highest BCUT2D eigenvalue weighted by Crippen LogP contribution is 2.19. The predicted octanol–water partition coefficient (Wildman–Crippen LogP) is 0.819. The maximum absolute atomic E-state index is 10.8. The summed E-state index contributed by atoms with van der Waals surface area (Å²) in [7, 11) is 5.52. The first kappa shape index (κ1) is 17.2. The van der Waals surface area contributed by atoms with Crippen LogP contribution in [0.3, 0.4) is 0 Å². The molecule has 1 aliphatic heterocycles. The Labute approximate surface area is 111 Å². The Balaban J connectivity index is 0.000000331. The molecule has 0 aromatic rings. The van der Waals surface area contributed by atoms with Crippen LogP contribution >= 0.6 is 0 Å². The first-order chi connectivity index (χ1) is 7.95. The zero-order valence-electron chi connectivity index (χ0n) is 12.0. The number of hydrogen-bond acceptors (Lipinski definition) is 3. The molecule has 1 rings (SSSR count). The Hall–Kier alpha value is -0.805. The highest BCUT2D eigenvalue weighted by Gasteiger charge is 2.31. The minimum absolute atomic E-state index is 0.128. The van der Waals surface area contributed by atoms with Crippen LogP contribution in [0.15, 0.2) is 11.5 Å². The van der Waals surface area contributed by atoms with Gasteiger partial charge < -0.3 is 15.1 Å². The van der Waals surface area contributed by atoms with Gasteiger partial charge in [-0.25, -0.2) is 0 Å². The number of carbonyl (C=O) groups excluding carboxylic acids is 1. The van der Waals surface area contributed by atoms with Gasteiger partial charge in [0.2, 0.25) is 5.91 Å². The smallest absolute Gasteiger partial charge is 0.219 e. The van der Waals surface area contributed by atoms with Crippen LogP contribution < -0.4 is 0 Å². The monoisotopic (exact) mass is 253 g/mol. The molecule has 0 saturated carbocycles. The van der Waals surface area contributed by atoms with Crippen molar-refractivity contribution in [2.75, 3.05) is 13.1 Å². The van der Waals surface area contributed by atoms with Gasteiger partial charge in [-0.1, -0.05) is 6.08 Å². The Kier molecular flexibility index (Phi) is 6.10. The van der Waals surface area contributed by atoms with Crippen molar-refractivity contribution < 1.29 is 15.0 Å². The van der Waals surface area contributed by atoms with Crippen LogP contribution in [0.1, 0.15) is 41.0 Å². The van der Waals surface area contributed by atoms with Crippen LogP contribution in [-0.4, -0.2) is 53.2 Å². The van der Waals surface area contributed by atoms with Crippen molar-refractivity contribution in [1.29, 1.82) is 0 Å². The normalized spacial score (nSPS) is 16.6. The van der Waals surface area contributed by atoms with E-state index in [2.05, 4.69) is 0 Å². The van der Waals surface area contributed by atoms with Crippen LogP contribution in [0, 0.1) is 0 Å². The summed E-state index contributed by atoms with van der Waals surface area (Å²) >= 11 is 0. The molecule has 1 amide bonds. The average molecular weight is 253 g/mol. The van der Waals surface area contributed by atoms with Crippen LogP contribution in [0.2, 0.25) is 0 Å². The molecule has 0 saturated heterocycles. The average Bonchev–Trinajstić information content (AvgIpc) is 2.16. The summed E-state index contributed by atoms with van der Waals surface area (Å²) in [6, 6.07) is 0. The van der Waals surface area contributed by atoms with Gasteiger partial charge >= 0.3 is 0 Å². The van der Waals surface area contributed by atoms with Gasteiger partial charge in [0.05, 0.1) is 11.2 Å². The molecule has 0 bridgehead atoms. The summed E-state index contributed by atoms with van der Waals surface area (Å²) in [5, 5.41) is 18.2. The topological polar surface area (TPSA) is 60.8 Å². The van der Waals surface area contributed by atoms with E-state index in [9.17, 15) is 4.79 Å². The first-order valence-corrected chi connectivity index (χ1v) is 6.10. The van der Waals surface area contributed by atoms with Crippen molar-refractivity contribution in [2.45, 2.75) is 52.2 Å². The van der Waals surface area contributed by atoms with Crippen molar-refractivity contribution in [2.24, 2.45) is 0 Å². The fourth-order valence-electron chi connectivity index (χ4n) is 0.971. The standard InChI is InChI=1S/C7H10BNO.C6H14O2/c1-6(10)9-4-2-7(8)3-5-9;1-5(2,7)6(3,4)8/h2H,3-5H2,1H3;7-8H,1-4H3. The number of rotatable bonds is 1. The van der Waals surface area contributed by atoms with Crippen molar-refractivity contribution >= 4 is 13.8 Å². The highest BCUT2D eigenvalue weighted by molar-refractivity contribution is 6.21. The zero-order valence-corrected chi connectivity index (χ0v) is 12.0. The molecule has 4 nitrogen and oxygen atoms in total. The number of nitrogens with zero attached hydrogens (tertiary/aromatic N) is 1. The summed E-state index contributed by atoms with van der Waals surface area (Å²) < 4.78 is 0. The van der Waals surface area contributed by atoms with E-state index in [0.29, 0.717) is 6.54 Å². The number of aliphatic hydroxyl groups is 2. The molecule has 0 spiro atoms. The van der Waals surface area contributed by atoms with E-state index in [0.717, 1.165) is 18.4 Å². The second-order valence-electron chi connectivity index (χ2n) is 5.61. The van der Waals surface area contributed by atoms with Gasteiger partial charge in [-0.3, -0.25) is 4.79 Å². The third-order valence-corrected chi connectivity index (χ3v) is 3.19. The van der Waals surface area contributed by atoms with Crippen molar-refractivity contribution in [1.82, 2.24) is 4.90 Å². The van der Waals surface area contributed by atoms with E-state index in [-0.39, 0.29) is 5.91 Å². The van der Waals surface area contributed by atoms with E-state index in [1.165, 1.54) is 0 Å². The number of carbonyl (C=O) groups is 1. The lowest BCUT2D eigenvalue weighted by Gasteiger charge is -2.31. The minimum Gasteiger partial charge on any atom is -0.387 e. The Morgan fingerprint density at radius 1 is 1.28 bits per heavy atom. The van der Waals surface area contributed by atoms with Crippen LogP contribution in [0.4, 0.5) is 0 Å². The third-order valence-electron chi connectivity index (χ3n) is 3.19. The van der Waals surface area contributed by atoms with Gasteiger partial charge in [0.15, 0.2) is 0 Å². The van der Waals surface area contributed by atoms with Gasteiger partial charge in [0.1, 0.15) is 7.85 Å². The third kappa shape index (κ3) is 6.22. The second kappa shape index (κ2) is 6.39. The molecule has 18 heavy (non-hydrogen) atoms. The molecule has 0 fully saturated rings. The molecular weight excluding hydrogens is 229 g/mol. The van der Waals surface area contributed by atoms with E-state index in [4.69, 9.17) is 18.1 Å². The highest BCUT2D eigenvalue weighted by atomic mass is 16.3. The van der Waals surface area contributed by atoms with Gasteiger partial charge in [0.25, 0.3) is 0 Å². The Bertz CT molecular complexity index is 301. The van der Waals surface area contributed by atoms with Gasteiger partial charge in [-0.2, -0.15) is 0 Å². The van der Waals surface area contributed by atoms with Gasteiger partial charge in [0, 0.05) is 20.0 Å². The SMILES string of the molecule is CC(C)(O)C(C)(C)O.[B]C1=CCN(C(C)=O)CC1. The van der Waals surface area contributed by atoms with Crippen LogP contribution in [-0.2, 0) is 4.79 Å². The summed E-state index contributed by atoms with van der Waals surface area (Å²) in [4.78, 5) is 12.5. The maximum atomic E-state index is 10.8. The van der Waals surface area contributed by atoms with Gasteiger partial charge in [-0.15, -0.1) is 5.47 Å². The van der Waals surface area contributed by atoms with Crippen LogP contribution in [0.5, 0.6) is 0 Å². The molecule has 0 atom stereocenters. The molecule has 5 heteroatoms. The van der Waals surface area contributed by atoms with E-state index in [1.54, 1.807) is 39.5 Å².